The lowest BCUT2D eigenvalue weighted by atomic mass is 9.94. The predicted molar refractivity (Wildman–Crippen MR) is 44.0 cm³/mol. The molecule has 4 heteroatoms. The molecule has 1 aliphatic rings. The summed E-state index contributed by atoms with van der Waals surface area (Å²) in [5, 5.41) is 17.3. The number of hydrogen-bond acceptors (Lipinski definition) is 2. The maximum atomic E-state index is 10.5. The molecular formula is C8H15NO3. The van der Waals surface area contributed by atoms with Crippen LogP contribution in [0.4, 0.5) is 4.79 Å². The van der Waals surface area contributed by atoms with Crippen LogP contribution in [-0.4, -0.2) is 40.9 Å². The summed E-state index contributed by atoms with van der Waals surface area (Å²) in [6.45, 7) is 1.47. The Labute approximate surface area is 71.8 Å². The lowest BCUT2D eigenvalue weighted by Gasteiger charge is -2.29. The molecule has 0 aromatic rings. The number of rotatable bonds is 2. The summed E-state index contributed by atoms with van der Waals surface area (Å²) in [6, 6.07) is 0. The van der Waals surface area contributed by atoms with Crippen molar-refractivity contribution >= 4 is 6.09 Å². The second-order valence-electron chi connectivity index (χ2n) is 3.23. The highest BCUT2D eigenvalue weighted by atomic mass is 16.4. The fourth-order valence-electron chi connectivity index (χ4n) is 1.60. The molecule has 70 valence electrons. The number of piperidine rings is 1. The third kappa shape index (κ3) is 2.37. The van der Waals surface area contributed by atoms with Crippen molar-refractivity contribution in [1.29, 1.82) is 0 Å². The van der Waals surface area contributed by atoms with Crippen LogP contribution in [0.5, 0.6) is 0 Å². The van der Waals surface area contributed by atoms with E-state index >= 15 is 0 Å². The van der Waals surface area contributed by atoms with Crippen molar-refractivity contribution in [3.63, 3.8) is 0 Å². The monoisotopic (exact) mass is 173 g/mol. The Hall–Kier alpha value is -0.770. The van der Waals surface area contributed by atoms with Gasteiger partial charge in [0, 0.05) is 19.7 Å². The van der Waals surface area contributed by atoms with Gasteiger partial charge < -0.3 is 15.1 Å². The number of hydrogen-bond donors (Lipinski definition) is 2. The average Bonchev–Trinajstić information content (AvgIpc) is 2.06. The number of aliphatic hydroxyl groups excluding tert-OH is 1. The quantitative estimate of drug-likeness (QED) is 0.648. The third-order valence-corrected chi connectivity index (χ3v) is 2.42. The standard InChI is InChI=1S/C8H15NO3/c10-6-3-7-1-4-9(5-2-7)8(11)12/h7,10H,1-6H2,(H,11,12). The van der Waals surface area contributed by atoms with Crippen LogP contribution in [0.3, 0.4) is 0 Å². The molecule has 12 heavy (non-hydrogen) atoms. The van der Waals surface area contributed by atoms with Crippen LogP contribution >= 0.6 is 0 Å². The van der Waals surface area contributed by atoms with Crippen LogP contribution in [-0.2, 0) is 0 Å². The number of carboxylic acid groups (broad SMARTS) is 1. The minimum Gasteiger partial charge on any atom is -0.465 e. The minimum atomic E-state index is -0.822. The molecule has 1 aliphatic heterocycles. The van der Waals surface area contributed by atoms with E-state index in [1.165, 1.54) is 4.90 Å². The van der Waals surface area contributed by atoms with Crippen LogP contribution < -0.4 is 0 Å². The van der Waals surface area contributed by atoms with Crippen LogP contribution in [0.1, 0.15) is 19.3 Å². The van der Waals surface area contributed by atoms with E-state index in [-0.39, 0.29) is 6.61 Å². The van der Waals surface area contributed by atoms with Gasteiger partial charge in [-0.1, -0.05) is 0 Å². The molecule has 0 spiro atoms. The van der Waals surface area contributed by atoms with Gasteiger partial charge in [-0.15, -0.1) is 0 Å². The second kappa shape index (κ2) is 4.30. The zero-order valence-corrected chi connectivity index (χ0v) is 7.07. The molecule has 0 radical (unpaired) electrons. The molecule has 1 saturated heterocycles. The molecule has 1 rings (SSSR count). The van der Waals surface area contributed by atoms with E-state index in [4.69, 9.17) is 10.2 Å². The SMILES string of the molecule is O=C(O)N1CCC(CCO)CC1. The molecule has 0 bridgehead atoms. The van der Waals surface area contributed by atoms with E-state index in [1.54, 1.807) is 0 Å². The molecule has 0 aromatic heterocycles. The van der Waals surface area contributed by atoms with E-state index in [1.807, 2.05) is 0 Å². The molecule has 1 amide bonds. The van der Waals surface area contributed by atoms with Crippen LogP contribution in [0.15, 0.2) is 0 Å². The lowest BCUT2D eigenvalue weighted by Crippen LogP contribution is -2.37. The largest absolute Gasteiger partial charge is 0.465 e. The van der Waals surface area contributed by atoms with Gasteiger partial charge in [-0.25, -0.2) is 4.79 Å². The topological polar surface area (TPSA) is 60.8 Å². The van der Waals surface area contributed by atoms with Crippen molar-refractivity contribution in [2.75, 3.05) is 19.7 Å². The van der Waals surface area contributed by atoms with Gasteiger partial charge in [0.1, 0.15) is 0 Å². The Bertz CT molecular complexity index is 152. The first kappa shape index (κ1) is 9.32. The Morgan fingerprint density at radius 1 is 1.42 bits per heavy atom. The number of nitrogens with zero attached hydrogens (tertiary/aromatic N) is 1. The fourth-order valence-corrected chi connectivity index (χ4v) is 1.60. The smallest absolute Gasteiger partial charge is 0.407 e. The number of carbonyl (C=O) groups is 1. The van der Waals surface area contributed by atoms with Crippen LogP contribution in [0, 0.1) is 5.92 Å². The van der Waals surface area contributed by atoms with Crippen molar-refractivity contribution in [3.8, 4) is 0 Å². The highest BCUT2D eigenvalue weighted by Crippen LogP contribution is 2.19. The van der Waals surface area contributed by atoms with Crippen molar-refractivity contribution in [2.45, 2.75) is 19.3 Å². The molecule has 0 aliphatic carbocycles. The lowest BCUT2D eigenvalue weighted by molar-refractivity contribution is 0.118. The van der Waals surface area contributed by atoms with Crippen molar-refractivity contribution in [2.24, 2.45) is 5.92 Å². The summed E-state index contributed by atoms with van der Waals surface area (Å²) in [6.07, 6.45) is 1.78. The van der Waals surface area contributed by atoms with Gasteiger partial charge in [0.2, 0.25) is 0 Å². The summed E-state index contributed by atoms with van der Waals surface area (Å²) >= 11 is 0. The van der Waals surface area contributed by atoms with E-state index in [0.717, 1.165) is 19.3 Å². The Morgan fingerprint density at radius 3 is 2.42 bits per heavy atom. The molecule has 1 fully saturated rings. The van der Waals surface area contributed by atoms with Gasteiger partial charge in [-0.3, -0.25) is 0 Å². The van der Waals surface area contributed by atoms with Crippen LogP contribution in [0.25, 0.3) is 0 Å². The first-order chi connectivity index (χ1) is 5.74. The van der Waals surface area contributed by atoms with E-state index < -0.39 is 6.09 Å². The predicted octanol–water partition coefficient (Wildman–Crippen LogP) is 0.759. The van der Waals surface area contributed by atoms with Crippen molar-refractivity contribution in [1.82, 2.24) is 4.90 Å². The molecule has 0 saturated carbocycles. The normalized spacial score (nSPS) is 19.6. The maximum Gasteiger partial charge on any atom is 0.407 e. The van der Waals surface area contributed by atoms with Crippen molar-refractivity contribution in [3.05, 3.63) is 0 Å². The zero-order chi connectivity index (χ0) is 8.97. The molecule has 2 N–H and O–H groups in total. The second-order valence-corrected chi connectivity index (χ2v) is 3.23. The van der Waals surface area contributed by atoms with Gasteiger partial charge >= 0.3 is 6.09 Å². The highest BCUT2D eigenvalue weighted by molar-refractivity contribution is 5.64. The van der Waals surface area contributed by atoms with E-state index in [2.05, 4.69) is 0 Å². The summed E-state index contributed by atoms with van der Waals surface area (Å²) < 4.78 is 0. The van der Waals surface area contributed by atoms with Gasteiger partial charge in [-0.2, -0.15) is 0 Å². The Balaban J connectivity index is 2.25. The molecule has 0 unspecified atom stereocenters. The summed E-state index contributed by atoms with van der Waals surface area (Å²) in [7, 11) is 0. The molecule has 4 nitrogen and oxygen atoms in total. The minimum absolute atomic E-state index is 0.220. The number of aliphatic hydroxyl groups is 1. The summed E-state index contributed by atoms with van der Waals surface area (Å²) in [4.78, 5) is 11.9. The first-order valence-electron chi connectivity index (χ1n) is 4.32. The average molecular weight is 173 g/mol. The molecule has 0 atom stereocenters. The Kier molecular flexibility index (Phi) is 3.34. The van der Waals surface area contributed by atoms with Gasteiger partial charge in [-0.05, 0) is 25.2 Å². The summed E-state index contributed by atoms with van der Waals surface area (Å²) in [5.74, 6) is 0.519. The Morgan fingerprint density at radius 2 is 2.00 bits per heavy atom. The molecular weight excluding hydrogens is 158 g/mol. The summed E-state index contributed by atoms with van der Waals surface area (Å²) in [5.41, 5.74) is 0. The fraction of sp³-hybridized carbons (Fsp3) is 0.875. The maximum absolute atomic E-state index is 10.5. The molecule has 1 heterocycles. The third-order valence-electron chi connectivity index (χ3n) is 2.42. The zero-order valence-electron chi connectivity index (χ0n) is 7.07. The van der Waals surface area contributed by atoms with E-state index in [0.29, 0.717) is 19.0 Å². The highest BCUT2D eigenvalue weighted by Gasteiger charge is 2.21. The van der Waals surface area contributed by atoms with Gasteiger partial charge in [0.25, 0.3) is 0 Å². The number of amides is 1. The van der Waals surface area contributed by atoms with Crippen molar-refractivity contribution < 1.29 is 15.0 Å². The van der Waals surface area contributed by atoms with Gasteiger partial charge in [0.15, 0.2) is 0 Å². The number of likely N-dealkylation sites (tertiary alicyclic amines) is 1. The van der Waals surface area contributed by atoms with E-state index in [9.17, 15) is 4.79 Å². The first-order valence-corrected chi connectivity index (χ1v) is 4.32. The van der Waals surface area contributed by atoms with Gasteiger partial charge in [0.05, 0.1) is 0 Å². The van der Waals surface area contributed by atoms with Crippen LogP contribution in [0.2, 0.25) is 0 Å². The molecule has 0 aromatic carbocycles.